The monoisotopic (exact) mass is 371 g/mol. The van der Waals surface area contributed by atoms with Crippen molar-refractivity contribution in [2.45, 2.75) is 39.3 Å². The van der Waals surface area contributed by atoms with Crippen molar-refractivity contribution in [2.75, 3.05) is 18.5 Å². The average molecular weight is 371 g/mol. The molecule has 0 aliphatic carbocycles. The largest absolute Gasteiger partial charge is 0.486 e. The summed E-state index contributed by atoms with van der Waals surface area (Å²) in [5.41, 5.74) is 1.57. The highest BCUT2D eigenvalue weighted by atomic mass is 16.6. The van der Waals surface area contributed by atoms with Crippen molar-refractivity contribution >= 4 is 11.7 Å². The van der Waals surface area contributed by atoms with Gasteiger partial charge in [0.05, 0.1) is 5.69 Å². The number of amides is 2. The second-order valence-electron chi connectivity index (χ2n) is 6.63. The van der Waals surface area contributed by atoms with Gasteiger partial charge >= 0.3 is 6.03 Å². The Morgan fingerprint density at radius 3 is 2.74 bits per heavy atom. The summed E-state index contributed by atoms with van der Waals surface area (Å²) in [6.07, 6.45) is 3.18. The standard InChI is InChI=1S/C20H25N3O4/c1-3-8-23-13-16(5-7-19(23)24)22-20(25)21-14(2)11-15-4-6-17-18(12-15)27-10-9-26-17/h4-7,12-14H,3,8-11H2,1-2H3,(H2,21,22,25)/t14-/m1/s1. The quantitative estimate of drug-likeness (QED) is 0.818. The van der Waals surface area contributed by atoms with E-state index in [1.165, 1.54) is 6.07 Å². The highest BCUT2D eigenvalue weighted by Crippen LogP contribution is 2.31. The molecule has 7 nitrogen and oxygen atoms in total. The molecule has 0 fully saturated rings. The first-order chi connectivity index (χ1) is 13.0. The lowest BCUT2D eigenvalue weighted by molar-refractivity contribution is 0.171. The molecule has 144 valence electrons. The Kier molecular flexibility index (Phi) is 6.01. The molecule has 0 bridgehead atoms. The molecular weight excluding hydrogens is 346 g/mol. The summed E-state index contributed by atoms with van der Waals surface area (Å²) in [5, 5.41) is 5.69. The molecule has 1 aliphatic rings. The van der Waals surface area contributed by atoms with E-state index in [0.717, 1.165) is 23.5 Å². The molecule has 2 N–H and O–H groups in total. The summed E-state index contributed by atoms with van der Waals surface area (Å²) in [6, 6.07) is 8.52. The van der Waals surface area contributed by atoms with Crippen molar-refractivity contribution in [3.8, 4) is 11.5 Å². The van der Waals surface area contributed by atoms with E-state index >= 15 is 0 Å². The molecule has 7 heteroatoms. The van der Waals surface area contributed by atoms with Crippen molar-refractivity contribution in [3.63, 3.8) is 0 Å². The summed E-state index contributed by atoms with van der Waals surface area (Å²) in [7, 11) is 0. The van der Waals surface area contributed by atoms with E-state index in [1.807, 2.05) is 32.0 Å². The predicted octanol–water partition coefficient (Wildman–Crippen LogP) is 2.78. The Labute approximate surface area is 158 Å². The van der Waals surface area contributed by atoms with E-state index in [9.17, 15) is 9.59 Å². The van der Waals surface area contributed by atoms with Crippen LogP contribution in [0.1, 0.15) is 25.8 Å². The molecule has 2 aromatic rings. The number of aromatic nitrogens is 1. The van der Waals surface area contributed by atoms with Crippen LogP contribution in [0, 0.1) is 0 Å². The molecule has 0 unspecified atom stereocenters. The number of carbonyl (C=O) groups excluding carboxylic acids is 1. The Bertz CT molecular complexity index is 863. The molecule has 0 saturated carbocycles. The summed E-state index contributed by atoms with van der Waals surface area (Å²) in [6.45, 7) is 5.67. The van der Waals surface area contributed by atoms with Crippen molar-refractivity contribution in [1.82, 2.24) is 9.88 Å². The molecule has 2 amide bonds. The van der Waals surface area contributed by atoms with Crippen LogP contribution in [0.15, 0.2) is 41.3 Å². The van der Waals surface area contributed by atoms with Crippen LogP contribution in [0.25, 0.3) is 0 Å². The van der Waals surface area contributed by atoms with Gasteiger partial charge < -0.3 is 24.7 Å². The number of nitrogens with one attached hydrogen (secondary N) is 2. The first-order valence-corrected chi connectivity index (χ1v) is 9.21. The predicted molar refractivity (Wildman–Crippen MR) is 104 cm³/mol. The van der Waals surface area contributed by atoms with Crippen molar-refractivity contribution in [2.24, 2.45) is 0 Å². The Morgan fingerprint density at radius 2 is 1.96 bits per heavy atom. The number of carbonyl (C=O) groups is 1. The highest BCUT2D eigenvalue weighted by Gasteiger charge is 2.14. The van der Waals surface area contributed by atoms with E-state index in [-0.39, 0.29) is 17.6 Å². The number of hydrogen-bond acceptors (Lipinski definition) is 4. The maximum atomic E-state index is 12.2. The normalized spacial score (nSPS) is 13.7. The molecule has 1 atom stereocenters. The van der Waals surface area contributed by atoms with Gasteiger partial charge in [0.2, 0.25) is 0 Å². The second kappa shape index (κ2) is 8.62. The first-order valence-electron chi connectivity index (χ1n) is 9.21. The van der Waals surface area contributed by atoms with Gasteiger partial charge in [0, 0.05) is 24.8 Å². The maximum absolute atomic E-state index is 12.2. The fourth-order valence-electron chi connectivity index (χ4n) is 3.03. The van der Waals surface area contributed by atoms with Crippen LogP contribution >= 0.6 is 0 Å². The van der Waals surface area contributed by atoms with E-state index < -0.39 is 0 Å². The van der Waals surface area contributed by atoms with Gasteiger partial charge in [-0.15, -0.1) is 0 Å². The highest BCUT2D eigenvalue weighted by molar-refractivity contribution is 5.89. The summed E-state index contributed by atoms with van der Waals surface area (Å²) in [5.74, 6) is 1.50. The molecule has 1 aliphatic heterocycles. The van der Waals surface area contributed by atoms with Crippen LogP contribution in [-0.2, 0) is 13.0 Å². The van der Waals surface area contributed by atoms with Crippen LogP contribution < -0.4 is 25.7 Å². The zero-order valence-corrected chi connectivity index (χ0v) is 15.7. The third kappa shape index (κ3) is 5.03. The minimum Gasteiger partial charge on any atom is -0.486 e. The molecule has 0 saturated heterocycles. The molecule has 1 aromatic carbocycles. The number of rotatable bonds is 6. The minimum absolute atomic E-state index is 0.0743. The van der Waals surface area contributed by atoms with Gasteiger partial charge in [0.15, 0.2) is 11.5 Å². The van der Waals surface area contributed by atoms with Gasteiger partial charge in [0.1, 0.15) is 13.2 Å². The third-order valence-corrected chi connectivity index (χ3v) is 4.23. The fourth-order valence-corrected chi connectivity index (χ4v) is 3.03. The number of anilines is 1. The molecule has 3 rings (SSSR count). The number of ether oxygens (including phenoxy) is 2. The lowest BCUT2D eigenvalue weighted by Gasteiger charge is -2.20. The number of fused-ring (bicyclic) bond motifs is 1. The number of pyridine rings is 1. The SMILES string of the molecule is CCCn1cc(NC(=O)N[C@H](C)Cc2ccc3c(c2)OCCO3)ccc1=O. The second-order valence-corrected chi connectivity index (χ2v) is 6.63. The molecule has 2 heterocycles. The van der Waals surface area contributed by atoms with Gasteiger partial charge in [-0.2, -0.15) is 0 Å². The van der Waals surface area contributed by atoms with Gasteiger partial charge in [-0.05, 0) is 43.5 Å². The van der Waals surface area contributed by atoms with E-state index in [2.05, 4.69) is 10.6 Å². The smallest absolute Gasteiger partial charge is 0.319 e. The van der Waals surface area contributed by atoms with Crippen LogP contribution in [0.5, 0.6) is 11.5 Å². The first kappa shape index (κ1) is 18.8. The van der Waals surface area contributed by atoms with E-state index in [4.69, 9.17) is 9.47 Å². The Balaban J connectivity index is 1.56. The molecular formula is C20H25N3O4. The fraction of sp³-hybridized carbons (Fsp3) is 0.400. The number of benzene rings is 1. The lowest BCUT2D eigenvalue weighted by atomic mass is 10.1. The number of hydrogen-bond donors (Lipinski definition) is 2. The Hall–Kier alpha value is -2.96. The van der Waals surface area contributed by atoms with Crippen molar-refractivity contribution < 1.29 is 14.3 Å². The summed E-state index contributed by atoms with van der Waals surface area (Å²) in [4.78, 5) is 24.0. The third-order valence-electron chi connectivity index (χ3n) is 4.23. The molecule has 27 heavy (non-hydrogen) atoms. The molecule has 1 aromatic heterocycles. The zero-order valence-electron chi connectivity index (χ0n) is 15.7. The van der Waals surface area contributed by atoms with Crippen molar-refractivity contribution in [1.29, 1.82) is 0 Å². The molecule has 0 radical (unpaired) electrons. The lowest BCUT2D eigenvalue weighted by Crippen LogP contribution is -2.37. The zero-order chi connectivity index (χ0) is 19.2. The molecule has 0 spiro atoms. The van der Waals surface area contributed by atoms with Crippen molar-refractivity contribution in [3.05, 3.63) is 52.4 Å². The number of urea groups is 1. The van der Waals surface area contributed by atoms with E-state index in [1.54, 1.807) is 16.8 Å². The summed E-state index contributed by atoms with van der Waals surface area (Å²) >= 11 is 0. The van der Waals surface area contributed by atoms with Crippen LogP contribution in [0.2, 0.25) is 0 Å². The minimum atomic E-state index is -0.304. The Morgan fingerprint density at radius 1 is 1.19 bits per heavy atom. The van der Waals surface area contributed by atoms with Gasteiger partial charge in [-0.1, -0.05) is 13.0 Å². The van der Waals surface area contributed by atoms with Gasteiger partial charge in [-0.25, -0.2) is 4.79 Å². The number of aryl methyl sites for hydroxylation is 1. The van der Waals surface area contributed by atoms with Gasteiger partial charge in [-0.3, -0.25) is 4.79 Å². The van der Waals surface area contributed by atoms with Crippen LogP contribution in [0.4, 0.5) is 10.5 Å². The summed E-state index contributed by atoms with van der Waals surface area (Å²) < 4.78 is 12.7. The average Bonchev–Trinajstić information content (AvgIpc) is 2.64. The maximum Gasteiger partial charge on any atom is 0.319 e. The van der Waals surface area contributed by atoms with Crippen LogP contribution in [0.3, 0.4) is 0 Å². The van der Waals surface area contributed by atoms with E-state index in [0.29, 0.717) is 31.9 Å². The topological polar surface area (TPSA) is 81.6 Å². The van der Waals surface area contributed by atoms with Gasteiger partial charge in [0.25, 0.3) is 5.56 Å². The van der Waals surface area contributed by atoms with Crippen LogP contribution in [-0.4, -0.2) is 29.9 Å². The number of nitrogens with zero attached hydrogens (tertiary/aromatic N) is 1.